The molecule has 0 saturated carbocycles. The second-order valence-corrected chi connectivity index (χ2v) is 14.0. The van der Waals surface area contributed by atoms with Crippen LogP contribution in [0.3, 0.4) is 0 Å². The molecule has 35 heavy (non-hydrogen) atoms. The van der Waals surface area contributed by atoms with E-state index in [2.05, 4.69) is 124 Å². The number of hydrogen-bond acceptors (Lipinski definition) is 2. The van der Waals surface area contributed by atoms with E-state index in [1.54, 1.807) is 13.8 Å². The van der Waals surface area contributed by atoms with Gasteiger partial charge in [0.05, 0.1) is 6.10 Å². The average Bonchev–Trinajstić information content (AvgIpc) is 3.22. The molecule has 0 spiro atoms. The zero-order valence-corrected chi connectivity index (χ0v) is 28.7. The van der Waals surface area contributed by atoms with Crippen LogP contribution in [0.25, 0.3) is 0 Å². The van der Waals surface area contributed by atoms with Crippen molar-refractivity contribution in [3.8, 4) is 0 Å². The minimum Gasteiger partial charge on any atom is -0.664 e. The predicted molar refractivity (Wildman–Crippen MR) is 147 cm³/mol. The van der Waals surface area contributed by atoms with Gasteiger partial charge in [-0.05, 0) is 35.0 Å². The molecule has 5 heteroatoms. The first-order chi connectivity index (χ1) is 14.8. The van der Waals surface area contributed by atoms with E-state index in [0.717, 1.165) is 0 Å². The molecule has 0 bridgehead atoms. The molecule has 0 radical (unpaired) electrons. The summed E-state index contributed by atoms with van der Waals surface area (Å²) >= 11 is 0. The fourth-order valence-corrected chi connectivity index (χ4v) is 3.03. The summed E-state index contributed by atoms with van der Waals surface area (Å²) in [7, 11) is 0. The van der Waals surface area contributed by atoms with E-state index in [1.807, 2.05) is 0 Å². The van der Waals surface area contributed by atoms with Crippen molar-refractivity contribution < 1.29 is 36.1 Å². The van der Waals surface area contributed by atoms with Crippen molar-refractivity contribution in [1.29, 1.82) is 0 Å². The van der Waals surface area contributed by atoms with Gasteiger partial charge in [0.1, 0.15) is 0 Å². The smallest absolute Gasteiger partial charge is 0.0513 e. The van der Waals surface area contributed by atoms with Gasteiger partial charge in [0.2, 0.25) is 0 Å². The molecule has 2 aromatic heterocycles. The molecule has 2 unspecified atom stereocenters. The van der Waals surface area contributed by atoms with E-state index in [1.165, 1.54) is 22.8 Å². The molecular formula is C30H53HfN2O2-3. The van der Waals surface area contributed by atoms with Gasteiger partial charge >= 0.3 is 0 Å². The summed E-state index contributed by atoms with van der Waals surface area (Å²) in [6, 6.07) is 8.56. The first-order valence-electron chi connectivity index (χ1n) is 12.4. The molecule has 0 fully saturated rings. The molecule has 0 aliphatic rings. The van der Waals surface area contributed by atoms with Crippen LogP contribution in [0.5, 0.6) is 0 Å². The Balaban J connectivity index is 0. The van der Waals surface area contributed by atoms with Gasteiger partial charge < -0.3 is 27.1 Å². The monoisotopic (exact) mass is 653 g/mol. The number of aliphatic hydroxyl groups excluding tert-OH is 1. The Morgan fingerprint density at radius 3 is 0.886 bits per heavy atom. The number of rotatable bonds is 2. The van der Waals surface area contributed by atoms with Crippen molar-refractivity contribution in [2.45, 2.75) is 137 Å². The largest absolute Gasteiger partial charge is 0.664 e. The first-order valence-corrected chi connectivity index (χ1v) is 12.4. The molecule has 0 aromatic carbocycles. The maximum Gasteiger partial charge on any atom is 0.0513 e. The van der Waals surface area contributed by atoms with E-state index in [0.29, 0.717) is 6.42 Å². The summed E-state index contributed by atoms with van der Waals surface area (Å²) in [5, 5.41) is 17.6. The maximum atomic E-state index is 8.92. The van der Waals surface area contributed by atoms with Crippen molar-refractivity contribution in [3.05, 3.63) is 54.0 Å². The quantitative estimate of drug-likeness (QED) is 0.276. The van der Waals surface area contributed by atoms with Gasteiger partial charge in [-0.3, -0.25) is 0 Å². The molecule has 2 aromatic rings. The summed E-state index contributed by atoms with van der Waals surface area (Å²) in [4.78, 5) is 9.31. The zero-order chi connectivity index (χ0) is 27.3. The molecule has 202 valence electrons. The Morgan fingerprint density at radius 1 is 0.629 bits per heavy atom. The van der Waals surface area contributed by atoms with Crippen molar-refractivity contribution >= 4 is 0 Å². The Hall–Kier alpha value is -0.650. The number of hydrogen-bond donors (Lipinski definition) is 2. The molecule has 2 N–H and O–H groups in total. The van der Waals surface area contributed by atoms with Gasteiger partial charge in [-0.2, -0.15) is 22.8 Å². The maximum absolute atomic E-state index is 8.92. The van der Waals surface area contributed by atoms with Crippen LogP contribution in [0, 0.1) is 6.92 Å². The fraction of sp³-hybridized carbons (Fsp3) is 0.700. The molecule has 2 rings (SSSR count). The van der Waals surface area contributed by atoms with Crippen molar-refractivity contribution in [2.24, 2.45) is 0 Å². The molecule has 2 atom stereocenters. The SMILES string of the molecule is CC(C)(C)c1ccc(C(C)(C)C)[n-]1.CC(C)(C)c1ccc(C(C)(C)C)[n-]1.[CH2-]C(C)(O)CC(C)O.[Hf]. The summed E-state index contributed by atoms with van der Waals surface area (Å²) in [5.74, 6) is 0. The minimum atomic E-state index is -0.978. The standard InChI is InChI=1S/2C12H20N.C6H13O2.Hf/c2*1-11(2,3)9-7-8-10(13-9)12(4,5)6;1-5(7)4-6(2,3)8;/h2*7-8H,1-6H3;5,7-8H,2,4H2,1,3H3;/q3*-1;. The molecule has 4 nitrogen and oxygen atoms in total. The third-order valence-electron chi connectivity index (χ3n) is 5.09. The zero-order valence-electron chi connectivity index (χ0n) is 25.1. The van der Waals surface area contributed by atoms with E-state index in [-0.39, 0.29) is 47.5 Å². The molecule has 2 heterocycles. The Kier molecular flexibility index (Phi) is 13.8. The summed E-state index contributed by atoms with van der Waals surface area (Å²) < 4.78 is 0. The van der Waals surface area contributed by atoms with E-state index in [4.69, 9.17) is 10.2 Å². The number of nitrogens with zero attached hydrogens (tertiary/aromatic N) is 2. The third-order valence-corrected chi connectivity index (χ3v) is 5.09. The molecular weight excluding hydrogens is 599 g/mol. The molecule has 0 aliphatic heterocycles. The average molecular weight is 652 g/mol. The second kappa shape index (κ2) is 13.2. The number of aromatic nitrogens is 2. The minimum absolute atomic E-state index is 0. The Labute approximate surface area is 235 Å². The van der Waals surface area contributed by atoms with Gasteiger partial charge in [-0.15, -0.1) is 0 Å². The molecule has 0 amide bonds. The first kappa shape index (κ1) is 36.5. The van der Waals surface area contributed by atoms with Crippen LogP contribution in [-0.4, -0.2) is 21.9 Å². The normalized spacial score (nSPS) is 15.0. The summed E-state index contributed by atoms with van der Waals surface area (Å²) in [6.07, 6.45) is -0.144. The van der Waals surface area contributed by atoms with Gasteiger partial charge in [0, 0.05) is 25.8 Å². The number of aliphatic hydroxyl groups is 2. The van der Waals surface area contributed by atoms with Crippen LogP contribution < -0.4 is 9.97 Å². The van der Waals surface area contributed by atoms with E-state index in [9.17, 15) is 0 Å². The van der Waals surface area contributed by atoms with Crippen LogP contribution in [0.1, 0.15) is 126 Å². The second-order valence-electron chi connectivity index (χ2n) is 14.0. The van der Waals surface area contributed by atoms with Crippen LogP contribution in [-0.2, 0) is 47.5 Å². The van der Waals surface area contributed by atoms with Crippen LogP contribution in [0.4, 0.5) is 0 Å². The summed E-state index contributed by atoms with van der Waals surface area (Å²) in [6.45, 7) is 33.0. The van der Waals surface area contributed by atoms with Gasteiger partial charge in [0.15, 0.2) is 0 Å². The topological polar surface area (TPSA) is 68.7 Å². The van der Waals surface area contributed by atoms with Crippen molar-refractivity contribution in [1.82, 2.24) is 9.97 Å². The molecule has 0 saturated heterocycles. The van der Waals surface area contributed by atoms with Crippen molar-refractivity contribution in [2.75, 3.05) is 0 Å². The van der Waals surface area contributed by atoms with Gasteiger partial charge in [-0.25, -0.2) is 0 Å². The Morgan fingerprint density at radius 2 is 0.829 bits per heavy atom. The fourth-order valence-electron chi connectivity index (χ4n) is 3.03. The third kappa shape index (κ3) is 15.3. The van der Waals surface area contributed by atoms with Crippen molar-refractivity contribution in [3.63, 3.8) is 0 Å². The Bertz CT molecular complexity index is 724. The van der Waals surface area contributed by atoms with Crippen LogP contribution in [0.2, 0.25) is 0 Å². The molecule has 0 aliphatic carbocycles. The predicted octanol–water partition coefficient (Wildman–Crippen LogP) is 6.82. The van der Waals surface area contributed by atoms with Gasteiger partial charge in [-0.1, -0.05) is 120 Å². The summed E-state index contributed by atoms with van der Waals surface area (Å²) in [5.41, 5.74) is 4.47. The van der Waals surface area contributed by atoms with E-state index >= 15 is 0 Å². The van der Waals surface area contributed by atoms with Crippen LogP contribution >= 0.6 is 0 Å². The van der Waals surface area contributed by atoms with Gasteiger partial charge in [0.25, 0.3) is 0 Å². The van der Waals surface area contributed by atoms with E-state index < -0.39 is 11.7 Å². The van der Waals surface area contributed by atoms with Crippen LogP contribution in [0.15, 0.2) is 24.3 Å².